The number of H-pyrrole nitrogens is 2. The van der Waals surface area contributed by atoms with E-state index < -0.39 is 8.32 Å². The Morgan fingerprint density at radius 1 is 0.887 bits per heavy atom. The third-order valence-electron chi connectivity index (χ3n) is 10.7. The van der Waals surface area contributed by atoms with Crippen LogP contribution in [0.1, 0.15) is 58.8 Å². The van der Waals surface area contributed by atoms with Gasteiger partial charge in [0.15, 0.2) is 11.5 Å². The lowest BCUT2D eigenvalue weighted by molar-refractivity contribution is 0.0984. The third kappa shape index (κ3) is 6.28. The molecule has 9 nitrogen and oxygen atoms in total. The van der Waals surface area contributed by atoms with Crippen LogP contribution in [0.2, 0.25) is 18.1 Å². The van der Waals surface area contributed by atoms with Gasteiger partial charge in [0.25, 0.3) is 14.2 Å². The molecule has 1 atom stereocenters. The SMILES string of the molecule is COc1cc2cc(C(=O)N3CC(CBr)c4c3cc(O[Si](C)(C)C(C)(C)C)c3[nH]c(C)c(C(=O)Sc5ccc6ccccc6c5)c43)[nH]c2c(OC)c1OC. The van der Waals surface area contributed by atoms with E-state index in [-0.39, 0.29) is 22.0 Å². The maximum atomic E-state index is 14.7. The highest BCUT2D eigenvalue weighted by Crippen LogP contribution is 2.51. The number of amides is 1. The zero-order valence-electron chi connectivity index (χ0n) is 31.4. The van der Waals surface area contributed by atoms with Gasteiger partial charge < -0.3 is 33.5 Å². The topological polar surface area (TPSA) is 106 Å². The number of carbonyl (C=O) groups is 2. The number of nitrogens with one attached hydrogen (secondary N) is 2. The van der Waals surface area contributed by atoms with Crippen molar-refractivity contribution in [3.8, 4) is 23.0 Å². The molecular weight excluding hydrogens is 771 g/mol. The summed E-state index contributed by atoms with van der Waals surface area (Å²) in [7, 11) is 2.30. The van der Waals surface area contributed by atoms with E-state index in [0.717, 1.165) is 48.9 Å². The summed E-state index contributed by atoms with van der Waals surface area (Å²) < 4.78 is 23.9. The maximum Gasteiger partial charge on any atom is 0.274 e. The highest BCUT2D eigenvalue weighted by Gasteiger charge is 2.42. The van der Waals surface area contributed by atoms with Gasteiger partial charge in [0.1, 0.15) is 11.4 Å². The summed E-state index contributed by atoms with van der Waals surface area (Å²) >= 11 is 4.99. The Hall–Kier alpha value is -4.39. The van der Waals surface area contributed by atoms with E-state index in [4.69, 9.17) is 18.6 Å². The van der Waals surface area contributed by atoms with Crippen molar-refractivity contribution >= 4 is 85.3 Å². The number of ether oxygens (including phenoxy) is 3. The number of nitrogens with zero attached hydrogens (tertiary/aromatic N) is 1. The van der Waals surface area contributed by atoms with E-state index in [1.54, 1.807) is 26.2 Å². The van der Waals surface area contributed by atoms with Crippen molar-refractivity contribution < 1.29 is 28.2 Å². The number of aromatic nitrogens is 2. The van der Waals surface area contributed by atoms with Gasteiger partial charge in [0.05, 0.1) is 43.6 Å². The summed E-state index contributed by atoms with van der Waals surface area (Å²) in [6.45, 7) is 13.4. The molecule has 0 bridgehead atoms. The smallest absolute Gasteiger partial charge is 0.274 e. The standard InChI is InChI=1S/C41H44BrN3O6SSi/c1-22-32(40(47)52-27-15-14-23-12-10-11-13-24(23)16-27)34-33-26(20-42)21-45(29(33)19-30(36(34)43-22)51-53(8,9)41(2,3)4)39(46)28-17-25-18-31(48-5)37(49-6)38(50-7)35(25)44-28/h10-19,26,43-44H,20-21H2,1-9H3. The van der Waals surface area contributed by atoms with Crippen molar-refractivity contribution in [2.45, 2.75) is 56.6 Å². The number of fused-ring (bicyclic) bond motifs is 5. The van der Waals surface area contributed by atoms with Crippen molar-refractivity contribution in [3.05, 3.63) is 83.2 Å². The molecule has 0 fully saturated rings. The van der Waals surface area contributed by atoms with Crippen LogP contribution in [0.25, 0.3) is 32.6 Å². The summed E-state index contributed by atoms with van der Waals surface area (Å²) in [6.07, 6.45) is 0. The lowest BCUT2D eigenvalue weighted by atomic mass is 9.96. The van der Waals surface area contributed by atoms with Crippen LogP contribution in [0.4, 0.5) is 5.69 Å². The Bertz CT molecular complexity index is 2430. The van der Waals surface area contributed by atoms with Gasteiger partial charge in [-0.25, -0.2) is 0 Å². The van der Waals surface area contributed by atoms with E-state index in [1.165, 1.54) is 11.8 Å². The molecule has 0 saturated heterocycles. The molecule has 0 saturated carbocycles. The lowest BCUT2D eigenvalue weighted by Gasteiger charge is -2.36. The van der Waals surface area contributed by atoms with Crippen LogP contribution in [-0.4, -0.2) is 62.5 Å². The van der Waals surface area contributed by atoms with Crippen LogP contribution < -0.4 is 23.5 Å². The largest absolute Gasteiger partial charge is 0.542 e. The first-order chi connectivity index (χ1) is 25.2. The van der Waals surface area contributed by atoms with Gasteiger partial charge in [-0.05, 0) is 77.4 Å². The average Bonchev–Trinajstić information content (AvgIpc) is 3.82. The number of methoxy groups -OCH3 is 3. The molecule has 1 aliphatic rings. The highest BCUT2D eigenvalue weighted by atomic mass is 79.9. The first-order valence-electron chi connectivity index (χ1n) is 17.5. The van der Waals surface area contributed by atoms with Crippen molar-refractivity contribution in [2.75, 3.05) is 38.1 Å². The summed E-state index contributed by atoms with van der Waals surface area (Å²) in [5.74, 6) is 1.72. The molecule has 6 aromatic rings. The van der Waals surface area contributed by atoms with Crippen molar-refractivity contribution in [3.63, 3.8) is 0 Å². The van der Waals surface area contributed by atoms with Gasteiger partial charge >= 0.3 is 0 Å². The first-order valence-corrected chi connectivity index (χ1v) is 22.3. The second-order valence-corrected chi connectivity index (χ2v) is 21.4. The number of hydrogen-bond acceptors (Lipinski definition) is 7. The molecule has 3 heterocycles. The molecule has 1 unspecified atom stereocenters. The van der Waals surface area contributed by atoms with Crippen LogP contribution in [-0.2, 0) is 0 Å². The summed E-state index contributed by atoms with van der Waals surface area (Å²) in [5.41, 5.74) is 4.82. The van der Waals surface area contributed by atoms with E-state index in [0.29, 0.717) is 51.6 Å². The van der Waals surface area contributed by atoms with Crippen molar-refractivity contribution in [1.29, 1.82) is 0 Å². The first kappa shape index (κ1) is 36.9. The molecule has 53 heavy (non-hydrogen) atoms. The fourth-order valence-corrected chi connectivity index (χ4v) is 9.44. The molecule has 0 spiro atoms. The zero-order chi connectivity index (χ0) is 38.0. The van der Waals surface area contributed by atoms with Crippen LogP contribution in [0, 0.1) is 6.92 Å². The third-order valence-corrected chi connectivity index (χ3v) is 16.7. The monoisotopic (exact) mass is 813 g/mol. The Morgan fingerprint density at radius 2 is 1.60 bits per heavy atom. The van der Waals surface area contributed by atoms with E-state index in [2.05, 4.69) is 78.0 Å². The second-order valence-electron chi connectivity index (χ2n) is 15.0. The number of anilines is 1. The van der Waals surface area contributed by atoms with Gasteiger partial charge in [-0.15, -0.1) is 0 Å². The lowest BCUT2D eigenvalue weighted by Crippen LogP contribution is -2.44. The quantitative estimate of drug-likeness (QED) is 0.0850. The molecule has 0 radical (unpaired) electrons. The number of halogens is 1. The summed E-state index contributed by atoms with van der Waals surface area (Å²) in [4.78, 5) is 38.7. The number of alkyl halides is 1. The number of thioether (sulfide) groups is 1. The average molecular weight is 815 g/mol. The fraction of sp³-hybridized carbons (Fsp3) is 0.317. The Labute approximate surface area is 323 Å². The molecule has 0 aliphatic carbocycles. The second kappa shape index (κ2) is 13.8. The number of rotatable bonds is 9. The Balaban J connectivity index is 1.40. The van der Waals surface area contributed by atoms with Crippen LogP contribution in [0.15, 0.2) is 65.6 Å². The van der Waals surface area contributed by atoms with Gasteiger partial charge in [0, 0.05) is 45.2 Å². The number of hydrogen-bond donors (Lipinski definition) is 2. The Morgan fingerprint density at radius 3 is 2.26 bits per heavy atom. The normalized spacial score (nSPS) is 14.6. The molecule has 276 valence electrons. The van der Waals surface area contributed by atoms with Gasteiger partial charge in [-0.2, -0.15) is 0 Å². The molecule has 1 amide bonds. The molecular formula is C41H44BrN3O6SSi. The van der Waals surface area contributed by atoms with Gasteiger partial charge in [-0.3, -0.25) is 9.59 Å². The predicted octanol–water partition coefficient (Wildman–Crippen LogP) is 10.6. The fourth-order valence-electron chi connectivity index (χ4n) is 7.00. The summed E-state index contributed by atoms with van der Waals surface area (Å²) in [6, 6.07) is 19.9. The van der Waals surface area contributed by atoms with Crippen molar-refractivity contribution in [1.82, 2.24) is 9.97 Å². The molecule has 2 aromatic heterocycles. The summed E-state index contributed by atoms with van der Waals surface area (Å²) in [5, 5.41) is 4.17. The van der Waals surface area contributed by atoms with E-state index in [1.807, 2.05) is 49.4 Å². The highest BCUT2D eigenvalue weighted by molar-refractivity contribution is 9.09. The van der Waals surface area contributed by atoms with Gasteiger partial charge in [-0.1, -0.05) is 67.0 Å². The molecule has 7 rings (SSSR count). The molecule has 2 N–H and O–H groups in total. The minimum atomic E-state index is -2.37. The van der Waals surface area contributed by atoms with Crippen molar-refractivity contribution in [2.24, 2.45) is 0 Å². The van der Waals surface area contributed by atoms with Crippen LogP contribution in [0.5, 0.6) is 23.0 Å². The zero-order valence-corrected chi connectivity index (χ0v) is 34.9. The van der Waals surface area contributed by atoms with E-state index >= 15 is 0 Å². The predicted molar refractivity (Wildman–Crippen MR) is 221 cm³/mol. The number of aromatic amines is 2. The van der Waals surface area contributed by atoms with Crippen LogP contribution in [0.3, 0.4) is 0 Å². The van der Waals surface area contributed by atoms with E-state index in [9.17, 15) is 9.59 Å². The number of benzene rings is 4. The van der Waals surface area contributed by atoms with Crippen LogP contribution >= 0.6 is 27.7 Å². The molecule has 1 aliphatic heterocycles. The minimum Gasteiger partial charge on any atom is -0.542 e. The minimum absolute atomic E-state index is 0.0700. The van der Waals surface area contributed by atoms with Gasteiger partial charge in [0.2, 0.25) is 10.9 Å². The number of aryl methyl sites for hydroxylation is 1. The maximum absolute atomic E-state index is 14.7. The Kier molecular flexibility index (Phi) is 9.61. The molecule has 4 aromatic carbocycles. The molecule has 12 heteroatoms. The number of carbonyl (C=O) groups excluding carboxylic acids is 2.